The molecule has 0 aliphatic heterocycles. The molecule has 2 aromatic carbocycles. The Kier molecular flexibility index (Phi) is 4.43. The lowest BCUT2D eigenvalue weighted by Gasteiger charge is -2.12. The van der Waals surface area contributed by atoms with Gasteiger partial charge in [-0.15, -0.1) is 5.10 Å². The first-order chi connectivity index (χ1) is 15.0. The van der Waals surface area contributed by atoms with Crippen molar-refractivity contribution in [1.29, 1.82) is 0 Å². The quantitative estimate of drug-likeness (QED) is 0.431. The van der Waals surface area contributed by atoms with E-state index in [0.29, 0.717) is 28.0 Å². The van der Waals surface area contributed by atoms with Crippen molar-refractivity contribution >= 4 is 22.2 Å². The van der Waals surface area contributed by atoms with Crippen molar-refractivity contribution in [2.45, 2.75) is 20.4 Å². The minimum Gasteiger partial charge on any atom is -0.494 e. The second kappa shape index (κ2) is 7.16. The summed E-state index contributed by atoms with van der Waals surface area (Å²) in [6.45, 7) is 4.69. The number of aromatic nitrogens is 6. The Morgan fingerprint density at radius 3 is 2.68 bits per heavy atom. The van der Waals surface area contributed by atoms with Gasteiger partial charge in [0.05, 0.1) is 25.2 Å². The number of benzene rings is 2. The summed E-state index contributed by atoms with van der Waals surface area (Å²) < 4.78 is 24.6. The Morgan fingerprint density at radius 2 is 1.90 bits per heavy atom. The predicted octanol–water partition coefficient (Wildman–Crippen LogP) is 4.52. The summed E-state index contributed by atoms with van der Waals surface area (Å²) in [5.41, 5.74) is 5.75. The molecule has 0 spiro atoms. The molecule has 0 amide bonds. The molecule has 0 saturated carbocycles. The molecule has 3 heterocycles. The lowest BCUT2D eigenvalue weighted by atomic mass is 9.98. The standard InChI is InChI=1S/C23H21FN6O/c1-5-30-12-25-20-17(11-26-28-23(20)30)14-6-8-18(24)16(10-14)15-7-9-19-21(22(15)31-4)27-13(2)29(19)3/h6-12H,5H2,1-4H3. The summed E-state index contributed by atoms with van der Waals surface area (Å²) in [6, 6.07) is 8.80. The van der Waals surface area contributed by atoms with Crippen LogP contribution in [-0.2, 0) is 13.6 Å². The van der Waals surface area contributed by atoms with Crippen LogP contribution in [0.25, 0.3) is 44.5 Å². The van der Waals surface area contributed by atoms with E-state index in [0.717, 1.165) is 34.5 Å². The third-order valence-corrected chi connectivity index (χ3v) is 5.75. The van der Waals surface area contributed by atoms with Crippen LogP contribution >= 0.6 is 0 Å². The molecule has 31 heavy (non-hydrogen) atoms. The monoisotopic (exact) mass is 416 g/mol. The topological polar surface area (TPSA) is 70.7 Å². The van der Waals surface area contributed by atoms with Crippen molar-refractivity contribution in [2.75, 3.05) is 7.11 Å². The van der Waals surface area contributed by atoms with E-state index in [1.165, 1.54) is 6.07 Å². The molecule has 0 bridgehead atoms. The predicted molar refractivity (Wildman–Crippen MR) is 117 cm³/mol. The third-order valence-electron chi connectivity index (χ3n) is 5.75. The Labute approximate surface area is 178 Å². The number of ether oxygens (including phenoxy) is 1. The molecular weight excluding hydrogens is 395 g/mol. The summed E-state index contributed by atoms with van der Waals surface area (Å²) in [5, 5.41) is 8.35. The Bertz CT molecular complexity index is 1450. The maximum absolute atomic E-state index is 15.0. The fourth-order valence-corrected chi connectivity index (χ4v) is 3.98. The normalized spacial score (nSPS) is 11.5. The maximum Gasteiger partial charge on any atom is 0.183 e. The van der Waals surface area contributed by atoms with E-state index in [1.807, 2.05) is 42.2 Å². The van der Waals surface area contributed by atoms with Crippen LogP contribution in [0.4, 0.5) is 4.39 Å². The maximum atomic E-state index is 15.0. The molecular formula is C23H21FN6O. The van der Waals surface area contributed by atoms with Gasteiger partial charge in [0, 0.05) is 30.3 Å². The van der Waals surface area contributed by atoms with Crippen LogP contribution in [0, 0.1) is 12.7 Å². The summed E-state index contributed by atoms with van der Waals surface area (Å²) in [4.78, 5) is 9.12. The second-order valence-electron chi connectivity index (χ2n) is 7.39. The van der Waals surface area contributed by atoms with Crippen molar-refractivity contribution in [3.63, 3.8) is 0 Å². The molecule has 156 valence electrons. The van der Waals surface area contributed by atoms with Gasteiger partial charge >= 0.3 is 0 Å². The number of halogens is 1. The van der Waals surface area contributed by atoms with E-state index in [1.54, 1.807) is 31.8 Å². The highest BCUT2D eigenvalue weighted by molar-refractivity contribution is 5.94. The molecule has 0 fully saturated rings. The van der Waals surface area contributed by atoms with Crippen LogP contribution in [0.3, 0.4) is 0 Å². The zero-order valence-electron chi connectivity index (χ0n) is 17.7. The van der Waals surface area contributed by atoms with Crippen molar-refractivity contribution in [3.05, 3.63) is 54.5 Å². The number of fused-ring (bicyclic) bond motifs is 2. The lowest BCUT2D eigenvalue weighted by molar-refractivity contribution is 0.420. The van der Waals surface area contributed by atoms with Gasteiger partial charge < -0.3 is 13.9 Å². The average Bonchev–Trinajstić information content (AvgIpc) is 3.34. The van der Waals surface area contributed by atoms with E-state index in [9.17, 15) is 0 Å². The third kappa shape index (κ3) is 2.86. The van der Waals surface area contributed by atoms with Gasteiger partial charge in [0.15, 0.2) is 11.4 Å². The Balaban J connectivity index is 1.73. The molecule has 8 heteroatoms. The number of aryl methyl sites for hydroxylation is 3. The number of imidazole rings is 2. The van der Waals surface area contributed by atoms with Crippen LogP contribution in [0.2, 0.25) is 0 Å². The zero-order chi connectivity index (χ0) is 21.7. The summed E-state index contributed by atoms with van der Waals surface area (Å²) in [6.07, 6.45) is 3.41. The molecule has 5 aromatic rings. The summed E-state index contributed by atoms with van der Waals surface area (Å²) in [5.74, 6) is 1.06. The minimum atomic E-state index is -0.341. The largest absolute Gasteiger partial charge is 0.494 e. The highest BCUT2D eigenvalue weighted by atomic mass is 19.1. The van der Waals surface area contributed by atoms with Gasteiger partial charge in [-0.05, 0) is 43.7 Å². The van der Waals surface area contributed by atoms with E-state index >= 15 is 4.39 Å². The molecule has 0 aliphatic carbocycles. The molecule has 0 unspecified atom stereocenters. The van der Waals surface area contributed by atoms with Crippen LogP contribution in [0.5, 0.6) is 5.75 Å². The molecule has 5 rings (SSSR count). The molecule has 0 radical (unpaired) electrons. The van der Waals surface area contributed by atoms with Gasteiger partial charge in [0.2, 0.25) is 0 Å². The van der Waals surface area contributed by atoms with E-state index in [-0.39, 0.29) is 5.82 Å². The van der Waals surface area contributed by atoms with Crippen LogP contribution < -0.4 is 4.74 Å². The van der Waals surface area contributed by atoms with Gasteiger partial charge in [-0.1, -0.05) is 6.07 Å². The van der Waals surface area contributed by atoms with Gasteiger partial charge in [0.25, 0.3) is 0 Å². The first-order valence-electron chi connectivity index (χ1n) is 10.00. The highest BCUT2D eigenvalue weighted by Crippen LogP contribution is 2.39. The number of rotatable bonds is 4. The van der Waals surface area contributed by atoms with Gasteiger partial charge in [0.1, 0.15) is 22.7 Å². The molecule has 3 aromatic heterocycles. The number of hydrogen-bond acceptors (Lipinski definition) is 5. The number of hydrogen-bond donors (Lipinski definition) is 0. The molecule has 0 atom stereocenters. The first kappa shape index (κ1) is 19.2. The minimum absolute atomic E-state index is 0.341. The molecule has 0 saturated heterocycles. The van der Waals surface area contributed by atoms with Crippen molar-refractivity contribution in [2.24, 2.45) is 7.05 Å². The fraction of sp³-hybridized carbons (Fsp3) is 0.217. The highest BCUT2D eigenvalue weighted by Gasteiger charge is 2.19. The van der Waals surface area contributed by atoms with Gasteiger partial charge in [-0.2, -0.15) is 5.10 Å². The smallest absolute Gasteiger partial charge is 0.183 e. The van der Waals surface area contributed by atoms with Crippen LogP contribution in [0.1, 0.15) is 12.7 Å². The summed E-state index contributed by atoms with van der Waals surface area (Å²) in [7, 11) is 3.53. The van der Waals surface area contributed by atoms with Crippen molar-refractivity contribution < 1.29 is 9.13 Å². The zero-order valence-corrected chi connectivity index (χ0v) is 17.7. The fourth-order valence-electron chi connectivity index (χ4n) is 3.98. The average molecular weight is 416 g/mol. The lowest BCUT2D eigenvalue weighted by Crippen LogP contribution is -1.96. The number of methoxy groups -OCH3 is 1. The Morgan fingerprint density at radius 1 is 1.06 bits per heavy atom. The van der Waals surface area contributed by atoms with Crippen LogP contribution in [0.15, 0.2) is 42.9 Å². The summed E-state index contributed by atoms with van der Waals surface area (Å²) >= 11 is 0. The number of nitrogens with zero attached hydrogens (tertiary/aromatic N) is 6. The SMILES string of the molecule is CCn1cnc2c(-c3ccc(F)c(-c4ccc5c(nc(C)n5C)c4OC)c3)cnnc21. The van der Waals surface area contributed by atoms with E-state index < -0.39 is 0 Å². The van der Waals surface area contributed by atoms with E-state index in [4.69, 9.17) is 4.74 Å². The van der Waals surface area contributed by atoms with Crippen molar-refractivity contribution in [1.82, 2.24) is 29.3 Å². The van der Waals surface area contributed by atoms with Crippen LogP contribution in [-0.4, -0.2) is 36.4 Å². The van der Waals surface area contributed by atoms with E-state index in [2.05, 4.69) is 20.2 Å². The molecule has 7 nitrogen and oxygen atoms in total. The molecule has 0 N–H and O–H groups in total. The van der Waals surface area contributed by atoms with Gasteiger partial charge in [-0.25, -0.2) is 14.4 Å². The first-order valence-corrected chi connectivity index (χ1v) is 10.00. The molecule has 0 aliphatic rings. The van der Waals surface area contributed by atoms with Crippen molar-refractivity contribution in [3.8, 4) is 28.0 Å². The Hall–Kier alpha value is -3.81. The van der Waals surface area contributed by atoms with Gasteiger partial charge in [-0.3, -0.25) is 0 Å². The second-order valence-corrected chi connectivity index (χ2v) is 7.39.